The number of nitrogens with zero attached hydrogens (tertiary/aromatic N) is 1. The predicted octanol–water partition coefficient (Wildman–Crippen LogP) is 2.83. The fourth-order valence-corrected chi connectivity index (χ4v) is 3.38. The van der Waals surface area contributed by atoms with Gasteiger partial charge in [0.1, 0.15) is 0 Å². The van der Waals surface area contributed by atoms with E-state index in [1.54, 1.807) is 5.56 Å². The minimum Gasteiger partial charge on any atom is -0.371 e. The number of fused-ring (bicyclic) bond motifs is 1. The Kier molecular flexibility index (Phi) is 3.84. The molecule has 1 saturated heterocycles. The Hall–Kier alpha value is -1.02. The van der Waals surface area contributed by atoms with E-state index in [9.17, 15) is 0 Å². The van der Waals surface area contributed by atoms with Crippen LogP contribution in [0.15, 0.2) is 24.3 Å². The number of rotatable bonds is 4. The van der Waals surface area contributed by atoms with E-state index in [4.69, 9.17) is 0 Å². The van der Waals surface area contributed by atoms with Crippen LogP contribution >= 0.6 is 0 Å². The van der Waals surface area contributed by atoms with E-state index in [1.165, 1.54) is 64.0 Å². The highest BCUT2D eigenvalue weighted by Gasteiger charge is 2.18. The van der Waals surface area contributed by atoms with Gasteiger partial charge in [0.15, 0.2) is 0 Å². The highest BCUT2D eigenvalue weighted by molar-refractivity contribution is 5.57. The molecule has 3 rings (SSSR count). The second-order valence-electron chi connectivity index (χ2n) is 5.70. The molecule has 0 unspecified atom stereocenters. The van der Waals surface area contributed by atoms with Gasteiger partial charge in [-0.15, -0.1) is 0 Å². The predicted molar refractivity (Wildman–Crippen MR) is 77.2 cm³/mol. The zero-order chi connectivity index (χ0) is 12.2. The van der Waals surface area contributed by atoms with Crippen molar-refractivity contribution in [1.82, 2.24) is 5.32 Å². The van der Waals surface area contributed by atoms with Crippen LogP contribution in [0.25, 0.3) is 0 Å². The maximum atomic E-state index is 3.45. The highest BCUT2D eigenvalue weighted by Crippen LogP contribution is 2.28. The molecule has 1 fully saturated rings. The molecule has 0 atom stereocenters. The van der Waals surface area contributed by atoms with Crippen LogP contribution in [0.2, 0.25) is 0 Å². The number of hydrogen-bond acceptors (Lipinski definition) is 2. The molecule has 1 aromatic rings. The van der Waals surface area contributed by atoms with Crippen LogP contribution in [0.4, 0.5) is 5.69 Å². The third-order valence-electron chi connectivity index (χ3n) is 4.48. The van der Waals surface area contributed by atoms with E-state index < -0.39 is 0 Å². The summed E-state index contributed by atoms with van der Waals surface area (Å²) in [5, 5.41) is 3.45. The van der Waals surface area contributed by atoms with Crippen molar-refractivity contribution in [3.05, 3.63) is 29.8 Å². The summed E-state index contributed by atoms with van der Waals surface area (Å²) in [7, 11) is 0. The molecule has 2 heterocycles. The largest absolute Gasteiger partial charge is 0.371 e. The minimum atomic E-state index is 0.976. The molecule has 0 saturated carbocycles. The molecular formula is C16H24N2. The van der Waals surface area contributed by atoms with Gasteiger partial charge in [-0.3, -0.25) is 0 Å². The van der Waals surface area contributed by atoms with Crippen LogP contribution in [-0.4, -0.2) is 26.2 Å². The second kappa shape index (κ2) is 5.75. The Morgan fingerprint density at radius 1 is 1.17 bits per heavy atom. The van der Waals surface area contributed by atoms with Gasteiger partial charge in [0.05, 0.1) is 0 Å². The van der Waals surface area contributed by atoms with Crippen molar-refractivity contribution in [2.24, 2.45) is 5.92 Å². The topological polar surface area (TPSA) is 15.3 Å². The van der Waals surface area contributed by atoms with Crippen molar-refractivity contribution in [3.8, 4) is 0 Å². The second-order valence-corrected chi connectivity index (χ2v) is 5.70. The molecular weight excluding hydrogens is 220 g/mol. The van der Waals surface area contributed by atoms with Crippen molar-refractivity contribution in [3.63, 3.8) is 0 Å². The van der Waals surface area contributed by atoms with Gasteiger partial charge >= 0.3 is 0 Å². The van der Waals surface area contributed by atoms with Crippen LogP contribution in [0.1, 0.15) is 31.2 Å². The van der Waals surface area contributed by atoms with Crippen LogP contribution in [-0.2, 0) is 6.42 Å². The van der Waals surface area contributed by atoms with E-state index in [1.807, 2.05) is 0 Å². The molecule has 1 aromatic carbocycles. The third-order valence-corrected chi connectivity index (χ3v) is 4.48. The number of nitrogens with one attached hydrogen (secondary N) is 1. The summed E-state index contributed by atoms with van der Waals surface area (Å²) in [5.74, 6) is 0.976. The normalized spacial score (nSPS) is 20.1. The maximum Gasteiger partial charge on any atom is 0.0399 e. The Morgan fingerprint density at radius 3 is 2.89 bits per heavy atom. The van der Waals surface area contributed by atoms with Gasteiger partial charge in [-0.1, -0.05) is 18.2 Å². The van der Waals surface area contributed by atoms with Gasteiger partial charge in [0, 0.05) is 18.8 Å². The molecule has 2 aliphatic heterocycles. The molecule has 98 valence electrons. The molecule has 0 spiro atoms. The standard InChI is InChI=1S/C16H24N2/c1-2-6-16-15(5-1)9-13-18(16)12-3-4-14-7-10-17-11-8-14/h1-2,5-6,14,17H,3-4,7-13H2. The quantitative estimate of drug-likeness (QED) is 0.876. The fourth-order valence-electron chi connectivity index (χ4n) is 3.38. The van der Waals surface area contributed by atoms with Crippen LogP contribution < -0.4 is 10.2 Å². The monoisotopic (exact) mass is 244 g/mol. The van der Waals surface area contributed by atoms with E-state index in [-0.39, 0.29) is 0 Å². The number of hydrogen-bond donors (Lipinski definition) is 1. The van der Waals surface area contributed by atoms with E-state index in [0.717, 1.165) is 5.92 Å². The van der Waals surface area contributed by atoms with E-state index in [0.29, 0.717) is 0 Å². The molecule has 0 amide bonds. The zero-order valence-corrected chi connectivity index (χ0v) is 11.2. The molecule has 0 aromatic heterocycles. The third kappa shape index (κ3) is 2.69. The van der Waals surface area contributed by atoms with Crippen molar-refractivity contribution in [1.29, 1.82) is 0 Å². The van der Waals surface area contributed by atoms with Gasteiger partial charge < -0.3 is 10.2 Å². The smallest absolute Gasteiger partial charge is 0.0399 e. The minimum absolute atomic E-state index is 0.976. The summed E-state index contributed by atoms with van der Waals surface area (Å²) in [6.45, 7) is 4.95. The number of piperidine rings is 1. The molecule has 18 heavy (non-hydrogen) atoms. The lowest BCUT2D eigenvalue weighted by molar-refractivity contribution is 0.348. The molecule has 2 heteroatoms. The lowest BCUT2D eigenvalue weighted by atomic mass is 9.93. The summed E-state index contributed by atoms with van der Waals surface area (Å²) in [6, 6.07) is 8.90. The van der Waals surface area contributed by atoms with Gasteiger partial charge in [0.2, 0.25) is 0 Å². The Bertz CT molecular complexity index is 382. The lowest BCUT2D eigenvalue weighted by Crippen LogP contribution is -2.28. The van der Waals surface area contributed by atoms with Crippen molar-refractivity contribution >= 4 is 5.69 Å². The van der Waals surface area contributed by atoms with Crippen molar-refractivity contribution < 1.29 is 0 Å². The van der Waals surface area contributed by atoms with Crippen LogP contribution in [0, 0.1) is 5.92 Å². The van der Waals surface area contributed by atoms with Gasteiger partial charge in [0.25, 0.3) is 0 Å². The summed E-state index contributed by atoms with van der Waals surface area (Å²) in [5.41, 5.74) is 3.03. The first-order chi connectivity index (χ1) is 8.93. The van der Waals surface area contributed by atoms with Gasteiger partial charge in [-0.2, -0.15) is 0 Å². The first kappa shape index (κ1) is 12.0. The van der Waals surface area contributed by atoms with Crippen molar-refractivity contribution in [2.45, 2.75) is 32.1 Å². The van der Waals surface area contributed by atoms with Crippen molar-refractivity contribution in [2.75, 3.05) is 31.1 Å². The maximum absolute atomic E-state index is 3.45. The number of para-hydroxylation sites is 1. The Labute approximate surface area is 110 Å². The lowest BCUT2D eigenvalue weighted by Gasteiger charge is -2.24. The average Bonchev–Trinajstić information content (AvgIpc) is 2.84. The first-order valence-electron chi connectivity index (χ1n) is 7.47. The molecule has 2 aliphatic rings. The first-order valence-corrected chi connectivity index (χ1v) is 7.47. The summed E-state index contributed by atoms with van der Waals surface area (Å²) in [6.07, 6.45) is 6.79. The highest BCUT2D eigenvalue weighted by atomic mass is 15.1. The zero-order valence-electron chi connectivity index (χ0n) is 11.2. The summed E-state index contributed by atoms with van der Waals surface area (Å²) in [4.78, 5) is 2.58. The van der Waals surface area contributed by atoms with Crippen LogP contribution in [0.3, 0.4) is 0 Å². The Balaban J connectivity index is 1.47. The van der Waals surface area contributed by atoms with Crippen LogP contribution in [0.5, 0.6) is 0 Å². The molecule has 0 radical (unpaired) electrons. The average molecular weight is 244 g/mol. The molecule has 1 N–H and O–H groups in total. The summed E-state index contributed by atoms with van der Waals surface area (Å²) < 4.78 is 0. The fraction of sp³-hybridized carbons (Fsp3) is 0.625. The molecule has 0 aliphatic carbocycles. The molecule has 0 bridgehead atoms. The van der Waals surface area contributed by atoms with E-state index in [2.05, 4.69) is 34.5 Å². The Morgan fingerprint density at radius 2 is 2.00 bits per heavy atom. The van der Waals surface area contributed by atoms with E-state index >= 15 is 0 Å². The molecule has 2 nitrogen and oxygen atoms in total. The van der Waals surface area contributed by atoms with Gasteiger partial charge in [-0.25, -0.2) is 0 Å². The number of benzene rings is 1. The van der Waals surface area contributed by atoms with Gasteiger partial charge in [-0.05, 0) is 62.7 Å². The number of anilines is 1. The summed E-state index contributed by atoms with van der Waals surface area (Å²) >= 11 is 0. The SMILES string of the molecule is c1ccc2c(c1)CCN2CCCC1CCNCC1.